The van der Waals surface area contributed by atoms with Gasteiger partial charge in [-0.1, -0.05) is 12.1 Å². The Morgan fingerprint density at radius 2 is 2.14 bits per heavy atom. The summed E-state index contributed by atoms with van der Waals surface area (Å²) in [5, 5.41) is 0. The second-order valence-electron chi connectivity index (χ2n) is 2.99. The lowest BCUT2D eigenvalue weighted by Gasteiger charge is -2.01. The third-order valence-corrected chi connectivity index (χ3v) is 4.03. The molecule has 0 saturated carbocycles. The van der Waals surface area contributed by atoms with E-state index in [4.69, 9.17) is 4.74 Å². The number of hydrogen-bond acceptors (Lipinski definition) is 4. The van der Waals surface area contributed by atoms with Crippen molar-refractivity contribution in [3.63, 3.8) is 0 Å². The van der Waals surface area contributed by atoms with Crippen molar-refractivity contribution in [2.24, 2.45) is 0 Å². The average molecular weight is 230 g/mol. The van der Waals surface area contributed by atoms with Gasteiger partial charge in [-0.25, -0.2) is 8.42 Å². The van der Waals surface area contributed by atoms with Crippen LogP contribution >= 0.6 is 11.8 Å². The molecular weight excluding hydrogens is 220 g/mol. The van der Waals surface area contributed by atoms with E-state index in [0.29, 0.717) is 11.0 Å². The lowest BCUT2D eigenvalue weighted by molar-refractivity contribution is 0.426. The second kappa shape index (κ2) is 4.33. The molecule has 1 unspecified atom stereocenters. The van der Waals surface area contributed by atoms with Crippen LogP contribution in [0, 0.1) is 0 Å². The zero-order valence-corrected chi connectivity index (χ0v) is 9.09. The molecule has 2 rings (SSSR count). The first kappa shape index (κ1) is 10.0. The lowest BCUT2D eigenvalue weighted by Crippen LogP contribution is -1.91. The maximum absolute atomic E-state index is 10.9. The average Bonchev–Trinajstić information content (AvgIpc) is 2.98. The maximum atomic E-state index is 10.9. The Labute approximate surface area is 88.4 Å². The molecule has 1 saturated heterocycles. The van der Waals surface area contributed by atoms with Gasteiger partial charge in [-0.2, -0.15) is 0 Å². The summed E-state index contributed by atoms with van der Waals surface area (Å²) in [4.78, 5) is 1.23. The zero-order chi connectivity index (χ0) is 9.97. The fraction of sp³-hybridized carbons (Fsp3) is 0.333. The molecule has 3 nitrogen and oxygen atoms in total. The van der Waals surface area contributed by atoms with Crippen molar-refractivity contribution >= 4 is 22.5 Å². The van der Waals surface area contributed by atoms with Crippen LogP contribution in [0.3, 0.4) is 0 Å². The summed E-state index contributed by atoms with van der Waals surface area (Å²) in [6.07, 6.45) is 0.317. The topological polar surface area (TPSA) is 46.7 Å². The minimum absolute atomic E-state index is 0.317. The highest BCUT2D eigenvalue weighted by Gasteiger charge is 2.22. The van der Waals surface area contributed by atoms with Crippen LogP contribution in [-0.4, -0.2) is 26.9 Å². The van der Waals surface area contributed by atoms with E-state index in [1.165, 1.54) is 11.8 Å². The first-order chi connectivity index (χ1) is 6.77. The summed E-state index contributed by atoms with van der Waals surface area (Å²) < 4.78 is 26.8. The molecule has 1 aromatic carbocycles. The van der Waals surface area contributed by atoms with Crippen LogP contribution in [0.25, 0.3) is 0 Å². The van der Waals surface area contributed by atoms with Gasteiger partial charge in [0.05, 0.1) is 17.6 Å². The van der Waals surface area contributed by atoms with Crippen molar-refractivity contribution in [2.45, 2.75) is 15.9 Å². The van der Waals surface area contributed by atoms with Crippen molar-refractivity contribution in [2.75, 3.05) is 12.4 Å². The van der Waals surface area contributed by atoms with Crippen LogP contribution in [0.4, 0.5) is 0 Å². The van der Waals surface area contributed by atoms with E-state index < -0.39 is 10.7 Å². The third-order valence-electron chi connectivity index (χ3n) is 1.89. The quantitative estimate of drug-likeness (QED) is 0.479. The van der Waals surface area contributed by atoms with Gasteiger partial charge in [-0.05, 0) is 12.1 Å². The van der Waals surface area contributed by atoms with Crippen LogP contribution in [0.5, 0.6) is 0 Å². The standard InChI is InChI=1S/C9H10O3S2/c10-14(11)9-4-2-1-3-8(9)13-6-7-5-12-7/h1-4,7,14H,5-6H2. The van der Waals surface area contributed by atoms with Crippen molar-refractivity contribution in [3.8, 4) is 0 Å². The molecule has 0 bridgehead atoms. The van der Waals surface area contributed by atoms with Crippen molar-refractivity contribution in [1.29, 1.82) is 0 Å². The molecule has 1 atom stereocenters. The van der Waals surface area contributed by atoms with Crippen LogP contribution < -0.4 is 0 Å². The maximum Gasteiger partial charge on any atom is 0.169 e. The highest BCUT2D eigenvalue weighted by molar-refractivity contribution is 7.99. The monoisotopic (exact) mass is 230 g/mol. The minimum Gasteiger partial charge on any atom is -0.372 e. The highest BCUT2D eigenvalue weighted by atomic mass is 32.2. The van der Waals surface area contributed by atoms with E-state index in [0.717, 1.165) is 17.3 Å². The predicted molar refractivity (Wildman–Crippen MR) is 55.5 cm³/mol. The van der Waals surface area contributed by atoms with Gasteiger partial charge < -0.3 is 4.74 Å². The van der Waals surface area contributed by atoms with E-state index in [1.807, 2.05) is 12.1 Å². The molecule has 1 aliphatic rings. The smallest absolute Gasteiger partial charge is 0.169 e. The third kappa shape index (κ3) is 2.50. The Morgan fingerprint density at radius 1 is 1.43 bits per heavy atom. The molecule has 76 valence electrons. The number of rotatable bonds is 4. The Bertz CT molecular complexity index is 389. The SMILES string of the molecule is O=[SH](=O)c1ccccc1SCC1CO1. The Hall–Kier alpha value is -0.520. The molecule has 0 N–H and O–H groups in total. The van der Waals surface area contributed by atoms with Crippen molar-refractivity contribution in [1.82, 2.24) is 0 Å². The summed E-state index contributed by atoms with van der Waals surface area (Å²) in [6, 6.07) is 7.03. The summed E-state index contributed by atoms with van der Waals surface area (Å²) in [7, 11) is -2.49. The highest BCUT2D eigenvalue weighted by Crippen LogP contribution is 2.27. The summed E-state index contributed by atoms with van der Waals surface area (Å²) in [6.45, 7) is 0.804. The number of epoxide rings is 1. The molecule has 1 aliphatic heterocycles. The van der Waals surface area contributed by atoms with Gasteiger partial charge in [0.2, 0.25) is 0 Å². The van der Waals surface area contributed by atoms with E-state index in [9.17, 15) is 8.42 Å². The second-order valence-corrected chi connectivity index (χ2v) is 5.05. The first-order valence-corrected chi connectivity index (χ1v) is 6.41. The van der Waals surface area contributed by atoms with E-state index in [2.05, 4.69) is 0 Å². The fourth-order valence-corrected chi connectivity index (χ4v) is 2.91. The van der Waals surface area contributed by atoms with Gasteiger partial charge in [0.15, 0.2) is 10.7 Å². The van der Waals surface area contributed by atoms with Crippen LogP contribution in [-0.2, 0) is 15.4 Å². The Balaban J connectivity index is 2.13. The molecular formula is C9H10O3S2. The van der Waals surface area contributed by atoms with Gasteiger partial charge in [-0.3, -0.25) is 0 Å². The Morgan fingerprint density at radius 3 is 2.79 bits per heavy atom. The predicted octanol–water partition coefficient (Wildman–Crippen LogP) is 1.15. The van der Waals surface area contributed by atoms with Crippen molar-refractivity contribution < 1.29 is 13.2 Å². The van der Waals surface area contributed by atoms with Crippen LogP contribution in [0.15, 0.2) is 34.1 Å². The molecule has 0 radical (unpaired) electrons. The van der Waals surface area contributed by atoms with Gasteiger partial charge in [0.1, 0.15) is 0 Å². The summed E-state index contributed by atoms with van der Waals surface area (Å²) >= 11 is 1.54. The van der Waals surface area contributed by atoms with Crippen LogP contribution in [0.1, 0.15) is 0 Å². The van der Waals surface area contributed by atoms with E-state index in [1.54, 1.807) is 12.1 Å². The molecule has 5 heteroatoms. The van der Waals surface area contributed by atoms with Gasteiger partial charge >= 0.3 is 0 Å². The number of thioether (sulfide) groups is 1. The van der Waals surface area contributed by atoms with Gasteiger partial charge in [-0.15, -0.1) is 11.8 Å². The van der Waals surface area contributed by atoms with Crippen molar-refractivity contribution in [3.05, 3.63) is 24.3 Å². The van der Waals surface area contributed by atoms with E-state index in [-0.39, 0.29) is 0 Å². The molecule has 0 amide bonds. The zero-order valence-electron chi connectivity index (χ0n) is 7.38. The molecule has 1 aromatic rings. The van der Waals surface area contributed by atoms with Crippen LogP contribution in [0.2, 0.25) is 0 Å². The van der Waals surface area contributed by atoms with E-state index >= 15 is 0 Å². The summed E-state index contributed by atoms with van der Waals surface area (Å²) in [5.74, 6) is 0.834. The van der Waals surface area contributed by atoms with Gasteiger partial charge in [0, 0.05) is 10.6 Å². The molecule has 0 aromatic heterocycles. The largest absolute Gasteiger partial charge is 0.372 e. The Kier molecular flexibility index (Phi) is 3.10. The summed E-state index contributed by atoms with van der Waals surface area (Å²) in [5.41, 5.74) is 0. The molecule has 0 spiro atoms. The minimum atomic E-state index is -2.49. The number of thiol groups is 1. The normalized spacial score (nSPS) is 19.9. The lowest BCUT2D eigenvalue weighted by atomic mass is 10.4. The molecule has 1 fully saturated rings. The van der Waals surface area contributed by atoms with Gasteiger partial charge in [0.25, 0.3) is 0 Å². The fourth-order valence-electron chi connectivity index (χ4n) is 1.08. The molecule has 14 heavy (non-hydrogen) atoms. The number of ether oxygens (including phenoxy) is 1. The number of benzene rings is 1. The first-order valence-electron chi connectivity index (χ1n) is 4.25. The molecule has 0 aliphatic carbocycles. The number of hydrogen-bond donors (Lipinski definition) is 1. The molecule has 1 heterocycles.